The van der Waals surface area contributed by atoms with Gasteiger partial charge < -0.3 is 24.8 Å². The third-order valence-electron chi connectivity index (χ3n) is 2.72. The van der Waals surface area contributed by atoms with Crippen LogP contribution in [0.5, 0.6) is 0 Å². The molecule has 1 heterocycles. The molecule has 0 aromatic rings. The maximum Gasteiger partial charge on any atom is 0.163 e. The van der Waals surface area contributed by atoms with Crippen LogP contribution in [0.2, 0.25) is 0 Å². The molecule has 3 N–H and O–H groups in total. The lowest BCUT2D eigenvalue weighted by Gasteiger charge is -2.40. The molecule has 1 aliphatic rings. The molecule has 16 heavy (non-hydrogen) atoms. The second kappa shape index (κ2) is 6.18. The second-order valence-corrected chi connectivity index (χ2v) is 3.89. The van der Waals surface area contributed by atoms with Crippen molar-refractivity contribution in [3.63, 3.8) is 0 Å². The first kappa shape index (κ1) is 13.4. The fourth-order valence-electron chi connectivity index (χ4n) is 1.64. The van der Waals surface area contributed by atoms with Gasteiger partial charge in [-0.05, 0) is 0 Å². The van der Waals surface area contributed by atoms with E-state index in [1.807, 2.05) is 0 Å². The third kappa shape index (κ3) is 2.94. The fourth-order valence-corrected chi connectivity index (χ4v) is 1.64. The van der Waals surface area contributed by atoms with Gasteiger partial charge in [0.2, 0.25) is 0 Å². The van der Waals surface area contributed by atoms with Gasteiger partial charge >= 0.3 is 0 Å². The zero-order valence-electron chi connectivity index (χ0n) is 9.24. The highest BCUT2D eigenvalue weighted by atomic mass is 16.7. The first-order valence-electron chi connectivity index (χ1n) is 5.29. The summed E-state index contributed by atoms with van der Waals surface area (Å²) in [5.41, 5.74) is 0. The molecular weight excluding hydrogens is 212 g/mol. The summed E-state index contributed by atoms with van der Waals surface area (Å²) in [6.45, 7) is 1.68. The molecule has 0 aromatic carbocycles. The first-order valence-corrected chi connectivity index (χ1v) is 5.29. The fraction of sp³-hybridized carbons (Fsp3) is 0.818. The third-order valence-corrected chi connectivity index (χ3v) is 2.72. The summed E-state index contributed by atoms with van der Waals surface area (Å²) in [7, 11) is 0. The minimum Gasteiger partial charge on any atom is -0.394 e. The van der Waals surface area contributed by atoms with Crippen molar-refractivity contribution in [3.05, 3.63) is 0 Å². The molecule has 1 aliphatic heterocycles. The van der Waals surface area contributed by atoms with Crippen molar-refractivity contribution in [1.29, 1.82) is 0 Å². The molecule has 92 valence electrons. The number of ether oxygens (including phenoxy) is 2. The Morgan fingerprint density at radius 2 is 2.06 bits per heavy atom. The van der Waals surface area contributed by atoms with Crippen molar-refractivity contribution >= 4 is 0 Å². The maximum atomic E-state index is 9.71. The standard InChI is InChI=1S/C11H18O5/c1-3-4-5-15-11-7(2)9(13)10(14)8(6-12)16-11/h1,7-14H,4-6H2,2H3/t7-,8-,9-,10+,11-/m1/s1. The number of hydrogen-bond acceptors (Lipinski definition) is 5. The number of hydrogen-bond donors (Lipinski definition) is 3. The van der Waals surface area contributed by atoms with E-state index in [4.69, 9.17) is 21.0 Å². The monoisotopic (exact) mass is 230 g/mol. The van der Waals surface area contributed by atoms with E-state index in [0.29, 0.717) is 13.0 Å². The lowest BCUT2D eigenvalue weighted by Crippen LogP contribution is -2.55. The summed E-state index contributed by atoms with van der Waals surface area (Å²) in [6, 6.07) is 0. The van der Waals surface area contributed by atoms with Crippen molar-refractivity contribution in [2.45, 2.75) is 37.9 Å². The highest BCUT2D eigenvalue weighted by Gasteiger charge is 2.42. The molecule has 1 saturated heterocycles. The Morgan fingerprint density at radius 3 is 2.62 bits per heavy atom. The molecule has 1 rings (SSSR count). The van der Waals surface area contributed by atoms with Crippen LogP contribution in [-0.4, -0.2) is 53.1 Å². The van der Waals surface area contributed by atoms with Gasteiger partial charge in [-0.3, -0.25) is 0 Å². The molecule has 0 aromatic heterocycles. The highest BCUT2D eigenvalue weighted by molar-refractivity contribution is 4.87. The van der Waals surface area contributed by atoms with Crippen LogP contribution in [0.1, 0.15) is 13.3 Å². The Labute approximate surface area is 95.0 Å². The molecule has 5 heteroatoms. The molecule has 1 fully saturated rings. The van der Waals surface area contributed by atoms with Gasteiger partial charge in [-0.2, -0.15) is 0 Å². The van der Waals surface area contributed by atoms with Gasteiger partial charge in [-0.25, -0.2) is 0 Å². The summed E-state index contributed by atoms with van der Waals surface area (Å²) in [4.78, 5) is 0. The molecule has 0 radical (unpaired) electrons. The zero-order chi connectivity index (χ0) is 12.1. The number of terminal acetylenes is 1. The molecule has 0 saturated carbocycles. The van der Waals surface area contributed by atoms with Crippen LogP contribution in [0.4, 0.5) is 0 Å². The van der Waals surface area contributed by atoms with Crippen LogP contribution in [0, 0.1) is 18.3 Å². The normalized spacial score (nSPS) is 39.3. The lowest BCUT2D eigenvalue weighted by molar-refractivity contribution is -0.281. The highest BCUT2D eigenvalue weighted by Crippen LogP contribution is 2.26. The minimum absolute atomic E-state index is 0.326. The van der Waals surface area contributed by atoms with E-state index in [-0.39, 0.29) is 12.5 Å². The molecule has 0 unspecified atom stereocenters. The van der Waals surface area contributed by atoms with Crippen LogP contribution in [0.15, 0.2) is 0 Å². The smallest absolute Gasteiger partial charge is 0.163 e. The molecule has 5 nitrogen and oxygen atoms in total. The molecule has 0 aliphatic carbocycles. The van der Waals surface area contributed by atoms with Gasteiger partial charge in [0.1, 0.15) is 12.2 Å². The number of rotatable bonds is 4. The van der Waals surface area contributed by atoms with E-state index in [2.05, 4.69) is 5.92 Å². The van der Waals surface area contributed by atoms with Crippen LogP contribution >= 0.6 is 0 Å². The Balaban J connectivity index is 2.54. The Hall–Kier alpha value is -0.640. The Bertz CT molecular complexity index is 247. The van der Waals surface area contributed by atoms with Gasteiger partial charge in [0.25, 0.3) is 0 Å². The van der Waals surface area contributed by atoms with E-state index in [1.54, 1.807) is 6.92 Å². The number of aliphatic hydroxyl groups excluding tert-OH is 3. The average molecular weight is 230 g/mol. The SMILES string of the molecule is C#CCCO[C@@H]1O[C@H](CO)[C@H](O)[C@H](O)[C@H]1C. The van der Waals surface area contributed by atoms with Crippen molar-refractivity contribution in [3.8, 4) is 12.3 Å². The van der Waals surface area contributed by atoms with E-state index in [9.17, 15) is 10.2 Å². The van der Waals surface area contributed by atoms with Gasteiger partial charge in [-0.1, -0.05) is 6.92 Å². The molecular formula is C11H18O5. The van der Waals surface area contributed by atoms with Gasteiger partial charge in [0.15, 0.2) is 6.29 Å². The van der Waals surface area contributed by atoms with Gasteiger partial charge in [0, 0.05) is 12.3 Å². The van der Waals surface area contributed by atoms with Crippen LogP contribution < -0.4 is 0 Å². The summed E-state index contributed by atoms with van der Waals surface area (Å²) in [5.74, 6) is 2.06. The Kier molecular flexibility index (Phi) is 5.19. The topological polar surface area (TPSA) is 79.2 Å². The quantitative estimate of drug-likeness (QED) is 0.431. The number of aliphatic hydroxyl groups is 3. The summed E-state index contributed by atoms with van der Waals surface area (Å²) >= 11 is 0. The molecule has 0 spiro atoms. The predicted octanol–water partition coefficient (Wildman–Crippen LogP) is -0.899. The lowest BCUT2D eigenvalue weighted by atomic mass is 9.92. The maximum absolute atomic E-state index is 9.71. The van der Waals surface area contributed by atoms with E-state index in [0.717, 1.165) is 0 Å². The van der Waals surface area contributed by atoms with Crippen molar-refractivity contribution in [2.75, 3.05) is 13.2 Å². The second-order valence-electron chi connectivity index (χ2n) is 3.89. The van der Waals surface area contributed by atoms with Gasteiger partial charge in [-0.15, -0.1) is 12.3 Å². The largest absolute Gasteiger partial charge is 0.394 e. The van der Waals surface area contributed by atoms with E-state index < -0.39 is 24.6 Å². The summed E-state index contributed by atoms with van der Waals surface area (Å²) in [5, 5.41) is 28.3. The van der Waals surface area contributed by atoms with Crippen molar-refractivity contribution < 1.29 is 24.8 Å². The molecule has 5 atom stereocenters. The molecule has 0 amide bonds. The molecule has 0 bridgehead atoms. The van der Waals surface area contributed by atoms with Crippen LogP contribution in [0.3, 0.4) is 0 Å². The zero-order valence-corrected chi connectivity index (χ0v) is 9.24. The van der Waals surface area contributed by atoms with E-state index >= 15 is 0 Å². The average Bonchev–Trinajstić information content (AvgIpc) is 2.29. The van der Waals surface area contributed by atoms with Gasteiger partial charge in [0.05, 0.1) is 19.3 Å². The van der Waals surface area contributed by atoms with Crippen LogP contribution in [0.25, 0.3) is 0 Å². The van der Waals surface area contributed by atoms with E-state index in [1.165, 1.54) is 0 Å². The first-order chi connectivity index (χ1) is 7.61. The summed E-state index contributed by atoms with van der Waals surface area (Å²) < 4.78 is 10.7. The minimum atomic E-state index is -1.09. The Morgan fingerprint density at radius 1 is 1.38 bits per heavy atom. The van der Waals surface area contributed by atoms with Crippen LogP contribution in [-0.2, 0) is 9.47 Å². The predicted molar refractivity (Wildman–Crippen MR) is 56.3 cm³/mol. The van der Waals surface area contributed by atoms with Crippen molar-refractivity contribution in [1.82, 2.24) is 0 Å². The summed E-state index contributed by atoms with van der Waals surface area (Å²) in [6.07, 6.45) is 2.01. The van der Waals surface area contributed by atoms with Crippen molar-refractivity contribution in [2.24, 2.45) is 5.92 Å².